The Morgan fingerprint density at radius 1 is 1.40 bits per heavy atom. The number of ether oxygens (including phenoxy) is 1. The molecule has 1 aromatic rings. The Labute approximate surface area is 90.4 Å². The molecule has 2 nitrogen and oxygen atoms in total. The molecule has 1 aromatic carbocycles. The summed E-state index contributed by atoms with van der Waals surface area (Å²) in [5.74, 6) is 0.506. The third kappa shape index (κ3) is 2.69. The fourth-order valence-corrected chi connectivity index (χ4v) is 1.75. The molecule has 0 aliphatic heterocycles. The van der Waals surface area contributed by atoms with E-state index in [1.165, 1.54) is 12.1 Å². The second kappa shape index (κ2) is 4.62. The number of benzene rings is 1. The number of rotatable bonds is 4. The summed E-state index contributed by atoms with van der Waals surface area (Å²) in [6.45, 7) is 4.88. The summed E-state index contributed by atoms with van der Waals surface area (Å²) in [5.41, 5.74) is 0.738. The lowest BCUT2D eigenvalue weighted by Gasteiger charge is -2.26. The van der Waals surface area contributed by atoms with E-state index in [2.05, 4.69) is 19.2 Å². The molecule has 0 saturated heterocycles. The van der Waals surface area contributed by atoms with Gasteiger partial charge in [-0.1, -0.05) is 13.8 Å². The molecule has 0 heterocycles. The second-order valence-corrected chi connectivity index (χ2v) is 4.26. The van der Waals surface area contributed by atoms with Gasteiger partial charge >= 0.3 is 0 Å². The Balaban J connectivity index is 3.15. The predicted octanol–water partition coefficient (Wildman–Crippen LogP) is 2.33. The van der Waals surface area contributed by atoms with Crippen molar-refractivity contribution in [1.29, 1.82) is 0 Å². The number of nitrogens with one attached hydrogen (secondary N) is 1. The zero-order valence-corrected chi connectivity index (χ0v) is 9.73. The van der Waals surface area contributed by atoms with E-state index < -0.39 is 0 Å². The van der Waals surface area contributed by atoms with Crippen LogP contribution in [0.25, 0.3) is 0 Å². The number of hydrogen-bond acceptors (Lipinski definition) is 2. The van der Waals surface area contributed by atoms with E-state index in [4.69, 9.17) is 4.74 Å². The summed E-state index contributed by atoms with van der Waals surface area (Å²) in [6.07, 6.45) is 0. The first kappa shape index (κ1) is 12.0. The first-order chi connectivity index (χ1) is 7.01. The largest absolute Gasteiger partial charge is 0.496 e. The fraction of sp³-hybridized carbons (Fsp3) is 0.500. The van der Waals surface area contributed by atoms with Crippen LogP contribution >= 0.6 is 0 Å². The molecule has 0 amide bonds. The van der Waals surface area contributed by atoms with E-state index in [0.717, 1.165) is 17.9 Å². The Kier molecular flexibility index (Phi) is 3.69. The van der Waals surface area contributed by atoms with Crippen LogP contribution < -0.4 is 10.1 Å². The molecular formula is C12H18FNO. The highest BCUT2D eigenvalue weighted by Crippen LogP contribution is 2.31. The Bertz CT molecular complexity index is 336. The SMILES string of the molecule is CNCC(C)(C)c1cc(F)ccc1OC. The molecule has 0 fully saturated rings. The van der Waals surface area contributed by atoms with Gasteiger partial charge in [-0.2, -0.15) is 0 Å². The third-order valence-electron chi connectivity index (χ3n) is 2.51. The molecule has 0 aliphatic carbocycles. The summed E-state index contributed by atoms with van der Waals surface area (Å²) in [4.78, 5) is 0. The van der Waals surface area contributed by atoms with Gasteiger partial charge < -0.3 is 10.1 Å². The highest BCUT2D eigenvalue weighted by Gasteiger charge is 2.24. The summed E-state index contributed by atoms with van der Waals surface area (Å²) >= 11 is 0. The van der Waals surface area contributed by atoms with Crippen molar-refractivity contribution in [3.63, 3.8) is 0 Å². The van der Waals surface area contributed by atoms with Crippen molar-refractivity contribution in [2.75, 3.05) is 20.7 Å². The van der Waals surface area contributed by atoms with E-state index >= 15 is 0 Å². The molecule has 15 heavy (non-hydrogen) atoms. The van der Waals surface area contributed by atoms with Gasteiger partial charge in [0.2, 0.25) is 0 Å². The van der Waals surface area contributed by atoms with Crippen LogP contribution in [-0.4, -0.2) is 20.7 Å². The van der Waals surface area contributed by atoms with Gasteiger partial charge in [0.1, 0.15) is 11.6 Å². The van der Waals surface area contributed by atoms with Gasteiger partial charge in [0.25, 0.3) is 0 Å². The van der Waals surface area contributed by atoms with Crippen molar-refractivity contribution in [2.24, 2.45) is 0 Å². The fourth-order valence-electron chi connectivity index (χ4n) is 1.75. The second-order valence-electron chi connectivity index (χ2n) is 4.26. The Morgan fingerprint density at radius 3 is 2.60 bits per heavy atom. The average molecular weight is 211 g/mol. The van der Waals surface area contributed by atoms with Crippen LogP contribution in [0, 0.1) is 5.82 Å². The summed E-state index contributed by atoms with van der Waals surface area (Å²) in [7, 11) is 3.49. The van der Waals surface area contributed by atoms with Crippen molar-refractivity contribution >= 4 is 0 Å². The molecule has 0 atom stereocenters. The molecule has 0 saturated carbocycles. The van der Waals surface area contributed by atoms with Gasteiger partial charge in [0.15, 0.2) is 0 Å². The monoisotopic (exact) mass is 211 g/mol. The minimum atomic E-state index is -0.227. The zero-order chi connectivity index (χ0) is 11.5. The molecule has 0 aromatic heterocycles. The van der Waals surface area contributed by atoms with E-state index in [0.29, 0.717) is 0 Å². The highest BCUT2D eigenvalue weighted by atomic mass is 19.1. The zero-order valence-electron chi connectivity index (χ0n) is 9.73. The van der Waals surface area contributed by atoms with Gasteiger partial charge in [0, 0.05) is 17.5 Å². The van der Waals surface area contributed by atoms with Crippen molar-refractivity contribution in [3.8, 4) is 5.75 Å². The third-order valence-corrected chi connectivity index (χ3v) is 2.51. The van der Waals surface area contributed by atoms with Crippen molar-refractivity contribution in [3.05, 3.63) is 29.6 Å². The van der Waals surface area contributed by atoms with E-state index in [-0.39, 0.29) is 11.2 Å². The normalized spacial score (nSPS) is 11.5. The maximum Gasteiger partial charge on any atom is 0.123 e. The smallest absolute Gasteiger partial charge is 0.123 e. The average Bonchev–Trinajstić information content (AvgIpc) is 2.17. The topological polar surface area (TPSA) is 21.3 Å². The van der Waals surface area contributed by atoms with Crippen LogP contribution in [0.4, 0.5) is 4.39 Å². The van der Waals surface area contributed by atoms with E-state index in [1.54, 1.807) is 13.2 Å². The molecule has 1 N–H and O–H groups in total. The lowest BCUT2D eigenvalue weighted by molar-refractivity contribution is 0.387. The number of methoxy groups -OCH3 is 1. The molecule has 0 unspecified atom stereocenters. The summed E-state index contributed by atoms with van der Waals surface area (Å²) in [5, 5.41) is 3.10. The lowest BCUT2D eigenvalue weighted by Crippen LogP contribution is -2.31. The van der Waals surface area contributed by atoms with E-state index in [1.807, 2.05) is 7.05 Å². The van der Waals surface area contributed by atoms with Crippen LogP contribution in [-0.2, 0) is 5.41 Å². The highest BCUT2D eigenvalue weighted by molar-refractivity contribution is 5.39. The maximum absolute atomic E-state index is 13.2. The van der Waals surface area contributed by atoms with Crippen LogP contribution in [0.5, 0.6) is 5.75 Å². The summed E-state index contributed by atoms with van der Waals surface area (Å²) < 4.78 is 18.4. The molecule has 0 aliphatic rings. The Hall–Kier alpha value is -1.09. The Morgan fingerprint density at radius 2 is 2.07 bits per heavy atom. The molecular weight excluding hydrogens is 193 g/mol. The number of halogens is 1. The molecule has 0 spiro atoms. The van der Waals surface area contributed by atoms with E-state index in [9.17, 15) is 4.39 Å². The standard InChI is InChI=1S/C12H18FNO/c1-12(2,8-14-3)10-7-9(13)5-6-11(10)15-4/h5-7,14H,8H2,1-4H3. The van der Waals surface area contributed by atoms with Gasteiger partial charge in [-0.25, -0.2) is 4.39 Å². The first-order valence-electron chi connectivity index (χ1n) is 5.00. The van der Waals surface area contributed by atoms with Gasteiger partial charge in [-0.3, -0.25) is 0 Å². The van der Waals surface area contributed by atoms with Gasteiger partial charge in [-0.15, -0.1) is 0 Å². The van der Waals surface area contributed by atoms with Crippen molar-refractivity contribution < 1.29 is 9.13 Å². The quantitative estimate of drug-likeness (QED) is 0.825. The predicted molar refractivity (Wildman–Crippen MR) is 59.9 cm³/mol. The summed E-state index contributed by atoms with van der Waals surface area (Å²) in [6, 6.07) is 4.62. The van der Waals surface area contributed by atoms with Gasteiger partial charge in [0.05, 0.1) is 7.11 Å². The molecule has 0 radical (unpaired) electrons. The van der Waals surface area contributed by atoms with Crippen molar-refractivity contribution in [2.45, 2.75) is 19.3 Å². The molecule has 3 heteroatoms. The van der Waals surface area contributed by atoms with Gasteiger partial charge in [-0.05, 0) is 25.2 Å². The molecule has 84 valence electrons. The first-order valence-corrected chi connectivity index (χ1v) is 5.00. The van der Waals surface area contributed by atoms with Crippen LogP contribution in [0.15, 0.2) is 18.2 Å². The number of likely N-dealkylation sites (N-methyl/N-ethyl adjacent to an activating group) is 1. The molecule has 0 bridgehead atoms. The van der Waals surface area contributed by atoms with Crippen molar-refractivity contribution in [1.82, 2.24) is 5.32 Å². The number of hydrogen-bond donors (Lipinski definition) is 1. The molecule has 1 rings (SSSR count). The van der Waals surface area contributed by atoms with Crippen LogP contribution in [0.2, 0.25) is 0 Å². The minimum absolute atomic E-state index is 0.151. The lowest BCUT2D eigenvalue weighted by atomic mass is 9.84. The minimum Gasteiger partial charge on any atom is -0.496 e. The maximum atomic E-state index is 13.2. The van der Waals surface area contributed by atoms with Crippen LogP contribution in [0.3, 0.4) is 0 Å². The van der Waals surface area contributed by atoms with Crippen LogP contribution in [0.1, 0.15) is 19.4 Å².